The van der Waals surface area contributed by atoms with Gasteiger partial charge in [0, 0.05) is 13.1 Å². The summed E-state index contributed by atoms with van der Waals surface area (Å²) >= 11 is 0. The van der Waals surface area contributed by atoms with Crippen LogP contribution in [0.3, 0.4) is 0 Å². The number of hydrogen-bond acceptors (Lipinski definition) is 6. The number of aliphatic hydroxyl groups excluding tert-OH is 1. The van der Waals surface area contributed by atoms with Crippen LogP contribution in [-0.4, -0.2) is 47.0 Å². The van der Waals surface area contributed by atoms with Crippen molar-refractivity contribution in [3.63, 3.8) is 0 Å². The molecule has 0 aliphatic carbocycles. The van der Waals surface area contributed by atoms with Crippen molar-refractivity contribution in [3.05, 3.63) is 12.4 Å². The zero-order valence-corrected chi connectivity index (χ0v) is 9.21. The Hall–Kier alpha value is -1.40. The molecule has 6 heteroatoms. The third-order valence-corrected chi connectivity index (χ3v) is 2.49. The van der Waals surface area contributed by atoms with Gasteiger partial charge in [-0.2, -0.15) is 0 Å². The lowest BCUT2D eigenvalue weighted by Crippen LogP contribution is -2.48. The quantitative estimate of drug-likeness (QED) is 0.714. The fraction of sp³-hybridized carbons (Fsp3) is 0.600. The second-order valence-corrected chi connectivity index (χ2v) is 3.96. The molecule has 3 N–H and O–H groups in total. The molecule has 88 valence electrons. The van der Waals surface area contributed by atoms with Gasteiger partial charge in [-0.05, 0) is 6.92 Å². The van der Waals surface area contributed by atoms with E-state index in [-0.39, 0.29) is 18.8 Å². The average Bonchev–Trinajstić information content (AvgIpc) is 2.28. The van der Waals surface area contributed by atoms with E-state index in [1.807, 2.05) is 11.8 Å². The standard InChI is InChI=1S/C10H16N4O2/c1-7-4-14(5-8(6-15)16-7)10-3-12-2-9(11)13-10/h2-3,7-8,15H,4-6H2,1H3,(H2,11,13). The largest absolute Gasteiger partial charge is 0.394 e. The van der Waals surface area contributed by atoms with Gasteiger partial charge < -0.3 is 20.5 Å². The average molecular weight is 224 g/mol. The summed E-state index contributed by atoms with van der Waals surface area (Å²) in [4.78, 5) is 10.2. The molecule has 0 radical (unpaired) electrons. The fourth-order valence-electron chi connectivity index (χ4n) is 1.86. The van der Waals surface area contributed by atoms with Crippen LogP contribution in [0.4, 0.5) is 11.6 Å². The van der Waals surface area contributed by atoms with E-state index in [0.29, 0.717) is 12.4 Å². The van der Waals surface area contributed by atoms with Crippen molar-refractivity contribution in [3.8, 4) is 0 Å². The van der Waals surface area contributed by atoms with Crippen molar-refractivity contribution in [2.24, 2.45) is 0 Å². The second kappa shape index (κ2) is 4.63. The van der Waals surface area contributed by atoms with Crippen LogP contribution >= 0.6 is 0 Å². The lowest BCUT2D eigenvalue weighted by molar-refractivity contribution is -0.0423. The third-order valence-electron chi connectivity index (χ3n) is 2.49. The number of ether oxygens (including phenoxy) is 1. The van der Waals surface area contributed by atoms with Gasteiger partial charge in [0.1, 0.15) is 11.6 Å². The zero-order valence-electron chi connectivity index (χ0n) is 9.21. The molecule has 2 unspecified atom stereocenters. The van der Waals surface area contributed by atoms with Gasteiger partial charge >= 0.3 is 0 Å². The summed E-state index contributed by atoms with van der Waals surface area (Å²) in [5, 5.41) is 9.12. The summed E-state index contributed by atoms with van der Waals surface area (Å²) in [6.45, 7) is 3.32. The number of morpholine rings is 1. The Morgan fingerprint density at radius 3 is 3.06 bits per heavy atom. The predicted octanol–water partition coefficient (Wildman–Crippen LogP) is -0.355. The van der Waals surface area contributed by atoms with E-state index in [0.717, 1.165) is 12.4 Å². The SMILES string of the molecule is CC1CN(c2cncc(N)n2)CC(CO)O1. The fourth-order valence-corrected chi connectivity index (χ4v) is 1.86. The summed E-state index contributed by atoms with van der Waals surface area (Å²) in [7, 11) is 0. The van der Waals surface area contributed by atoms with Crippen LogP contribution in [0.5, 0.6) is 0 Å². The van der Waals surface area contributed by atoms with Crippen molar-refractivity contribution < 1.29 is 9.84 Å². The minimum absolute atomic E-state index is 0.0105. The van der Waals surface area contributed by atoms with Crippen molar-refractivity contribution >= 4 is 11.6 Å². The number of nitrogens with zero attached hydrogens (tertiary/aromatic N) is 3. The number of aromatic nitrogens is 2. The lowest BCUT2D eigenvalue weighted by atomic mass is 10.2. The Morgan fingerprint density at radius 2 is 2.38 bits per heavy atom. The molecule has 1 aliphatic rings. The van der Waals surface area contributed by atoms with Crippen LogP contribution in [-0.2, 0) is 4.74 Å². The molecular formula is C10H16N4O2. The number of anilines is 2. The minimum Gasteiger partial charge on any atom is -0.394 e. The number of nitrogen functional groups attached to an aromatic ring is 1. The van der Waals surface area contributed by atoms with Gasteiger partial charge in [0.15, 0.2) is 0 Å². The Balaban J connectivity index is 2.14. The number of hydrogen-bond donors (Lipinski definition) is 2. The van der Waals surface area contributed by atoms with Crippen molar-refractivity contribution in [1.82, 2.24) is 9.97 Å². The van der Waals surface area contributed by atoms with Crippen LogP contribution in [0, 0.1) is 0 Å². The summed E-state index contributed by atoms with van der Waals surface area (Å²) in [5.41, 5.74) is 5.59. The molecule has 1 aromatic heterocycles. The van der Waals surface area contributed by atoms with E-state index in [1.54, 1.807) is 6.20 Å². The van der Waals surface area contributed by atoms with Gasteiger partial charge in [0.25, 0.3) is 0 Å². The van der Waals surface area contributed by atoms with E-state index in [4.69, 9.17) is 15.6 Å². The van der Waals surface area contributed by atoms with E-state index >= 15 is 0 Å². The highest BCUT2D eigenvalue weighted by atomic mass is 16.5. The smallest absolute Gasteiger partial charge is 0.149 e. The maximum atomic E-state index is 9.12. The molecule has 0 bridgehead atoms. The van der Waals surface area contributed by atoms with Gasteiger partial charge in [-0.15, -0.1) is 0 Å². The highest BCUT2D eigenvalue weighted by molar-refractivity contribution is 5.42. The molecule has 0 amide bonds. The molecule has 2 rings (SSSR count). The number of rotatable bonds is 2. The highest BCUT2D eigenvalue weighted by Gasteiger charge is 2.25. The molecular weight excluding hydrogens is 208 g/mol. The molecule has 0 aromatic carbocycles. The van der Waals surface area contributed by atoms with E-state index in [2.05, 4.69) is 9.97 Å². The summed E-state index contributed by atoms with van der Waals surface area (Å²) in [6, 6.07) is 0. The normalized spacial score (nSPS) is 25.8. The number of aliphatic hydroxyl groups is 1. The van der Waals surface area contributed by atoms with Crippen molar-refractivity contribution in [2.75, 3.05) is 30.3 Å². The van der Waals surface area contributed by atoms with Crippen LogP contribution in [0.15, 0.2) is 12.4 Å². The van der Waals surface area contributed by atoms with Crippen LogP contribution in [0.1, 0.15) is 6.92 Å². The lowest BCUT2D eigenvalue weighted by Gasteiger charge is -2.36. The van der Waals surface area contributed by atoms with Crippen LogP contribution in [0.2, 0.25) is 0 Å². The van der Waals surface area contributed by atoms with Gasteiger partial charge in [0.2, 0.25) is 0 Å². The molecule has 6 nitrogen and oxygen atoms in total. The van der Waals surface area contributed by atoms with Crippen molar-refractivity contribution in [2.45, 2.75) is 19.1 Å². The van der Waals surface area contributed by atoms with Gasteiger partial charge in [-0.1, -0.05) is 0 Å². The maximum Gasteiger partial charge on any atom is 0.149 e. The van der Waals surface area contributed by atoms with E-state index in [9.17, 15) is 0 Å². The van der Waals surface area contributed by atoms with Gasteiger partial charge in [0.05, 0.1) is 31.2 Å². The summed E-state index contributed by atoms with van der Waals surface area (Å²) in [5.74, 6) is 1.13. The number of nitrogens with two attached hydrogens (primary N) is 1. The molecule has 0 spiro atoms. The first-order chi connectivity index (χ1) is 7.69. The molecule has 2 heterocycles. The summed E-state index contributed by atoms with van der Waals surface area (Å²) in [6.07, 6.45) is 3.07. The van der Waals surface area contributed by atoms with Crippen molar-refractivity contribution in [1.29, 1.82) is 0 Å². The van der Waals surface area contributed by atoms with E-state index < -0.39 is 0 Å². The monoisotopic (exact) mass is 224 g/mol. The Morgan fingerprint density at radius 1 is 1.56 bits per heavy atom. The second-order valence-electron chi connectivity index (χ2n) is 3.96. The predicted molar refractivity (Wildman–Crippen MR) is 60.1 cm³/mol. The Kier molecular flexibility index (Phi) is 3.21. The Bertz CT molecular complexity index is 360. The van der Waals surface area contributed by atoms with Gasteiger partial charge in [-0.25, -0.2) is 4.98 Å². The molecule has 1 aliphatic heterocycles. The first kappa shape index (κ1) is 11.1. The maximum absolute atomic E-state index is 9.12. The molecule has 1 aromatic rings. The molecule has 0 saturated carbocycles. The molecule has 16 heavy (non-hydrogen) atoms. The first-order valence-corrected chi connectivity index (χ1v) is 5.28. The minimum atomic E-state index is -0.174. The Labute approximate surface area is 94.1 Å². The van der Waals surface area contributed by atoms with Crippen LogP contribution in [0.25, 0.3) is 0 Å². The van der Waals surface area contributed by atoms with Crippen LogP contribution < -0.4 is 10.6 Å². The highest BCUT2D eigenvalue weighted by Crippen LogP contribution is 2.17. The molecule has 1 saturated heterocycles. The zero-order chi connectivity index (χ0) is 11.5. The van der Waals surface area contributed by atoms with E-state index in [1.165, 1.54) is 6.20 Å². The molecule has 1 fully saturated rings. The molecule has 2 atom stereocenters. The first-order valence-electron chi connectivity index (χ1n) is 5.28. The van der Waals surface area contributed by atoms with Gasteiger partial charge in [-0.3, -0.25) is 4.98 Å². The summed E-state index contributed by atoms with van der Waals surface area (Å²) < 4.78 is 5.55. The topological polar surface area (TPSA) is 84.5 Å². The third kappa shape index (κ3) is 2.40.